The summed E-state index contributed by atoms with van der Waals surface area (Å²) in [7, 11) is 0. The predicted octanol–water partition coefficient (Wildman–Crippen LogP) is 3.28. The summed E-state index contributed by atoms with van der Waals surface area (Å²) in [6.45, 7) is 1.17. The van der Waals surface area contributed by atoms with Gasteiger partial charge < -0.3 is 5.32 Å². The summed E-state index contributed by atoms with van der Waals surface area (Å²) in [6, 6.07) is 2.83. The van der Waals surface area contributed by atoms with Crippen LogP contribution in [-0.4, -0.2) is 11.7 Å². The number of alkyl halides is 3. The Balaban J connectivity index is 3.03. The molecule has 3 nitrogen and oxygen atoms in total. The molecule has 0 radical (unpaired) electrons. The number of hydrogen-bond acceptors (Lipinski definition) is 2. The van der Waals surface area contributed by atoms with Gasteiger partial charge in [-0.1, -0.05) is 11.6 Å². The first-order chi connectivity index (χ1) is 8.20. The van der Waals surface area contributed by atoms with Crippen molar-refractivity contribution in [2.75, 3.05) is 5.32 Å². The first-order valence-corrected chi connectivity index (χ1v) is 5.24. The SMILES string of the molecule is CC(=O)CC(=O)Nc1cc(Cl)ccc1C(F)(F)F. The van der Waals surface area contributed by atoms with E-state index in [1.165, 1.54) is 6.92 Å². The zero-order chi connectivity index (χ0) is 13.9. The van der Waals surface area contributed by atoms with Crippen LogP contribution in [0.3, 0.4) is 0 Å². The quantitative estimate of drug-likeness (QED) is 0.863. The van der Waals surface area contributed by atoms with Crippen LogP contribution in [0.5, 0.6) is 0 Å². The molecule has 1 aromatic carbocycles. The predicted molar refractivity (Wildman–Crippen MR) is 60.4 cm³/mol. The van der Waals surface area contributed by atoms with Gasteiger partial charge in [-0.05, 0) is 25.1 Å². The third-order valence-corrected chi connectivity index (χ3v) is 2.21. The van der Waals surface area contributed by atoms with Gasteiger partial charge in [0.15, 0.2) is 0 Å². The Morgan fingerprint density at radius 1 is 1.33 bits per heavy atom. The molecule has 0 unspecified atom stereocenters. The van der Waals surface area contributed by atoms with Crippen molar-refractivity contribution in [3.05, 3.63) is 28.8 Å². The minimum atomic E-state index is -4.61. The Labute approximate surface area is 106 Å². The summed E-state index contributed by atoms with van der Waals surface area (Å²) in [5, 5.41) is 2.08. The van der Waals surface area contributed by atoms with Gasteiger partial charge in [-0.2, -0.15) is 13.2 Å². The molecule has 0 spiro atoms. The van der Waals surface area contributed by atoms with Gasteiger partial charge in [0.1, 0.15) is 5.78 Å². The van der Waals surface area contributed by atoms with Crippen molar-refractivity contribution in [3.63, 3.8) is 0 Å². The number of carbonyl (C=O) groups excluding carboxylic acids is 2. The topological polar surface area (TPSA) is 46.2 Å². The Bertz CT molecular complexity index is 486. The first-order valence-electron chi connectivity index (χ1n) is 4.86. The number of benzene rings is 1. The molecule has 0 saturated heterocycles. The maximum atomic E-state index is 12.6. The molecule has 0 saturated carbocycles. The summed E-state index contributed by atoms with van der Waals surface area (Å²) >= 11 is 5.57. The van der Waals surface area contributed by atoms with E-state index in [0.717, 1.165) is 18.2 Å². The average molecular weight is 280 g/mol. The number of hydrogen-bond donors (Lipinski definition) is 1. The molecule has 0 aliphatic heterocycles. The Morgan fingerprint density at radius 2 is 1.94 bits per heavy atom. The smallest absolute Gasteiger partial charge is 0.325 e. The molecule has 0 aliphatic rings. The van der Waals surface area contributed by atoms with E-state index < -0.39 is 35.5 Å². The first kappa shape index (κ1) is 14.5. The van der Waals surface area contributed by atoms with Crippen LogP contribution in [0.25, 0.3) is 0 Å². The molecule has 0 aromatic heterocycles. The van der Waals surface area contributed by atoms with Crippen LogP contribution >= 0.6 is 11.6 Å². The van der Waals surface area contributed by atoms with Crippen LogP contribution in [0.2, 0.25) is 5.02 Å². The van der Waals surface area contributed by atoms with Gasteiger partial charge in [0.2, 0.25) is 5.91 Å². The van der Waals surface area contributed by atoms with Crippen LogP contribution in [0.4, 0.5) is 18.9 Å². The maximum absolute atomic E-state index is 12.6. The van der Waals surface area contributed by atoms with Gasteiger partial charge in [-0.15, -0.1) is 0 Å². The molecule has 1 rings (SSSR count). The van der Waals surface area contributed by atoms with Crippen molar-refractivity contribution in [3.8, 4) is 0 Å². The summed E-state index contributed by atoms with van der Waals surface area (Å²) in [6.07, 6.45) is -5.09. The van der Waals surface area contributed by atoms with E-state index >= 15 is 0 Å². The van der Waals surface area contributed by atoms with Crippen molar-refractivity contribution in [2.45, 2.75) is 19.5 Å². The van der Waals surface area contributed by atoms with Gasteiger partial charge in [0.05, 0.1) is 17.7 Å². The fourth-order valence-corrected chi connectivity index (χ4v) is 1.46. The number of ketones is 1. The molecular formula is C11H9ClF3NO2. The summed E-state index contributed by atoms with van der Waals surface area (Å²) in [5.41, 5.74) is -1.47. The maximum Gasteiger partial charge on any atom is 0.418 e. The van der Waals surface area contributed by atoms with E-state index in [4.69, 9.17) is 11.6 Å². The molecule has 98 valence electrons. The van der Waals surface area contributed by atoms with Crippen LogP contribution in [0.15, 0.2) is 18.2 Å². The van der Waals surface area contributed by atoms with Crippen LogP contribution in [0.1, 0.15) is 18.9 Å². The third-order valence-electron chi connectivity index (χ3n) is 1.97. The van der Waals surface area contributed by atoms with Gasteiger partial charge in [-0.25, -0.2) is 0 Å². The lowest BCUT2D eigenvalue weighted by molar-refractivity contribution is -0.137. The Morgan fingerprint density at radius 3 is 2.44 bits per heavy atom. The minimum Gasteiger partial charge on any atom is -0.325 e. The highest BCUT2D eigenvalue weighted by Gasteiger charge is 2.33. The molecule has 1 aromatic rings. The lowest BCUT2D eigenvalue weighted by Crippen LogP contribution is -2.18. The molecule has 0 heterocycles. The molecule has 0 atom stereocenters. The van der Waals surface area contributed by atoms with Crippen molar-refractivity contribution >= 4 is 29.0 Å². The molecule has 1 amide bonds. The summed E-state index contributed by atoms with van der Waals surface area (Å²) < 4.78 is 37.9. The zero-order valence-electron chi connectivity index (χ0n) is 9.27. The molecule has 7 heteroatoms. The van der Waals surface area contributed by atoms with E-state index in [0.29, 0.717) is 0 Å². The fourth-order valence-electron chi connectivity index (χ4n) is 1.29. The molecule has 0 fully saturated rings. The highest BCUT2D eigenvalue weighted by molar-refractivity contribution is 6.31. The molecule has 0 aliphatic carbocycles. The Hall–Kier alpha value is -1.56. The summed E-state index contributed by atoms with van der Waals surface area (Å²) in [4.78, 5) is 22.0. The van der Waals surface area contributed by atoms with E-state index in [1.807, 2.05) is 5.32 Å². The second kappa shape index (κ2) is 5.39. The van der Waals surface area contributed by atoms with Crippen molar-refractivity contribution < 1.29 is 22.8 Å². The normalized spacial score (nSPS) is 11.2. The number of carbonyl (C=O) groups is 2. The highest BCUT2D eigenvalue weighted by atomic mass is 35.5. The summed E-state index contributed by atoms with van der Waals surface area (Å²) in [5.74, 6) is -1.25. The number of amides is 1. The van der Waals surface area contributed by atoms with Crippen LogP contribution in [-0.2, 0) is 15.8 Å². The second-order valence-corrected chi connectivity index (χ2v) is 4.05. The van der Waals surface area contributed by atoms with Crippen molar-refractivity contribution in [1.82, 2.24) is 0 Å². The van der Waals surface area contributed by atoms with E-state index in [2.05, 4.69) is 0 Å². The lowest BCUT2D eigenvalue weighted by atomic mass is 10.1. The number of rotatable bonds is 3. The zero-order valence-corrected chi connectivity index (χ0v) is 10.0. The van der Waals surface area contributed by atoms with Crippen molar-refractivity contribution in [2.24, 2.45) is 0 Å². The molecule has 1 N–H and O–H groups in total. The molecular weight excluding hydrogens is 271 g/mol. The van der Waals surface area contributed by atoms with E-state index in [1.54, 1.807) is 0 Å². The van der Waals surface area contributed by atoms with Gasteiger partial charge in [0.25, 0.3) is 0 Å². The number of halogens is 4. The Kier molecular flexibility index (Phi) is 4.34. The van der Waals surface area contributed by atoms with Crippen LogP contribution < -0.4 is 5.32 Å². The minimum absolute atomic E-state index is 0.0566. The van der Waals surface area contributed by atoms with E-state index in [-0.39, 0.29) is 5.02 Å². The monoisotopic (exact) mass is 279 g/mol. The third kappa shape index (κ3) is 4.03. The van der Waals surface area contributed by atoms with Gasteiger partial charge >= 0.3 is 6.18 Å². The van der Waals surface area contributed by atoms with Crippen molar-refractivity contribution in [1.29, 1.82) is 0 Å². The second-order valence-electron chi connectivity index (χ2n) is 3.61. The number of Topliss-reactive ketones (excluding diaryl/α,β-unsaturated/α-hetero) is 1. The molecule has 0 bridgehead atoms. The largest absolute Gasteiger partial charge is 0.418 e. The average Bonchev–Trinajstić information content (AvgIpc) is 2.13. The fraction of sp³-hybridized carbons (Fsp3) is 0.273. The van der Waals surface area contributed by atoms with E-state index in [9.17, 15) is 22.8 Å². The molecule has 18 heavy (non-hydrogen) atoms. The van der Waals surface area contributed by atoms with Gasteiger partial charge in [0, 0.05) is 5.02 Å². The standard InChI is InChI=1S/C11H9ClF3NO2/c1-6(17)4-10(18)16-9-5-7(12)2-3-8(9)11(13,14)15/h2-3,5H,4H2,1H3,(H,16,18). The lowest BCUT2D eigenvalue weighted by Gasteiger charge is -2.13. The van der Waals surface area contributed by atoms with Crippen LogP contribution in [0, 0.1) is 0 Å². The van der Waals surface area contributed by atoms with Gasteiger partial charge in [-0.3, -0.25) is 9.59 Å². The number of nitrogens with one attached hydrogen (secondary N) is 1. The number of anilines is 1. The highest BCUT2D eigenvalue weighted by Crippen LogP contribution is 2.36.